The molecule has 2 heterocycles. The SMILES string of the molecule is C[C@@H]1CCc2ccccc2N1C(=O)CSc1nnc(Cc2ccccc2)o1. The van der Waals surface area contributed by atoms with Crippen LogP contribution in [0.15, 0.2) is 64.2 Å². The van der Waals surface area contributed by atoms with Crippen LogP contribution in [0.2, 0.25) is 0 Å². The lowest BCUT2D eigenvalue weighted by Crippen LogP contribution is -2.43. The van der Waals surface area contributed by atoms with Crippen molar-refractivity contribution in [2.24, 2.45) is 0 Å². The molecular weight excluding hydrogens is 358 g/mol. The third kappa shape index (κ3) is 4.06. The average Bonchev–Trinajstić information content (AvgIpc) is 3.14. The summed E-state index contributed by atoms with van der Waals surface area (Å²) in [6.07, 6.45) is 2.59. The molecular formula is C21H21N3O2S. The first-order valence-electron chi connectivity index (χ1n) is 9.10. The second-order valence-corrected chi connectivity index (χ2v) is 7.62. The number of thioether (sulfide) groups is 1. The Morgan fingerprint density at radius 3 is 2.78 bits per heavy atom. The zero-order chi connectivity index (χ0) is 18.6. The number of para-hydroxylation sites is 1. The molecule has 0 unspecified atom stereocenters. The quantitative estimate of drug-likeness (QED) is 0.624. The molecule has 138 valence electrons. The van der Waals surface area contributed by atoms with Gasteiger partial charge in [0, 0.05) is 11.7 Å². The van der Waals surface area contributed by atoms with E-state index in [-0.39, 0.29) is 17.7 Å². The van der Waals surface area contributed by atoms with Gasteiger partial charge in [0.05, 0.1) is 12.2 Å². The van der Waals surface area contributed by atoms with E-state index in [0.29, 0.717) is 17.5 Å². The Hall–Kier alpha value is -2.60. The van der Waals surface area contributed by atoms with Gasteiger partial charge < -0.3 is 9.32 Å². The number of hydrogen-bond donors (Lipinski definition) is 0. The molecule has 0 fully saturated rings. The van der Waals surface area contributed by atoms with Crippen LogP contribution in [-0.2, 0) is 17.6 Å². The standard InChI is InChI=1S/C21H21N3O2S/c1-15-11-12-17-9-5-6-10-18(17)24(15)20(25)14-27-21-23-22-19(26-21)13-16-7-3-2-4-8-16/h2-10,15H,11-14H2,1H3/t15-/m1/s1. The van der Waals surface area contributed by atoms with Gasteiger partial charge in [-0.2, -0.15) is 0 Å². The van der Waals surface area contributed by atoms with Crippen molar-refractivity contribution in [3.05, 3.63) is 71.6 Å². The third-order valence-corrected chi connectivity index (χ3v) is 5.56. The number of carbonyl (C=O) groups excluding carboxylic acids is 1. The van der Waals surface area contributed by atoms with E-state index in [1.165, 1.54) is 17.3 Å². The van der Waals surface area contributed by atoms with E-state index in [4.69, 9.17) is 4.42 Å². The van der Waals surface area contributed by atoms with Crippen LogP contribution in [0, 0.1) is 0 Å². The number of amides is 1. The molecule has 0 saturated heterocycles. The highest BCUT2D eigenvalue weighted by molar-refractivity contribution is 7.99. The summed E-state index contributed by atoms with van der Waals surface area (Å²) in [5.41, 5.74) is 3.38. The number of carbonyl (C=O) groups is 1. The Bertz CT molecular complexity index is 926. The Morgan fingerprint density at radius 1 is 1.15 bits per heavy atom. The van der Waals surface area contributed by atoms with Gasteiger partial charge in [-0.3, -0.25) is 4.79 Å². The van der Waals surface area contributed by atoms with Crippen molar-refractivity contribution in [3.63, 3.8) is 0 Å². The molecule has 0 bridgehead atoms. The first kappa shape index (κ1) is 17.8. The van der Waals surface area contributed by atoms with Crippen molar-refractivity contribution in [2.45, 2.75) is 37.5 Å². The maximum atomic E-state index is 12.9. The number of anilines is 1. The molecule has 1 atom stereocenters. The van der Waals surface area contributed by atoms with Gasteiger partial charge in [-0.05, 0) is 37.0 Å². The number of rotatable bonds is 5. The number of fused-ring (bicyclic) bond motifs is 1. The van der Waals surface area contributed by atoms with Gasteiger partial charge in [-0.1, -0.05) is 60.3 Å². The molecule has 1 amide bonds. The van der Waals surface area contributed by atoms with Crippen LogP contribution < -0.4 is 4.90 Å². The molecule has 1 aromatic heterocycles. The van der Waals surface area contributed by atoms with E-state index in [2.05, 4.69) is 23.2 Å². The fourth-order valence-electron chi connectivity index (χ4n) is 3.40. The Kier molecular flexibility index (Phi) is 5.25. The number of aromatic nitrogens is 2. The normalized spacial score (nSPS) is 16.2. The first-order valence-corrected chi connectivity index (χ1v) is 10.1. The van der Waals surface area contributed by atoms with Crippen LogP contribution in [0.1, 0.15) is 30.4 Å². The second kappa shape index (κ2) is 7.96. The fraction of sp³-hybridized carbons (Fsp3) is 0.286. The minimum absolute atomic E-state index is 0.0717. The smallest absolute Gasteiger partial charge is 0.277 e. The van der Waals surface area contributed by atoms with Crippen molar-refractivity contribution < 1.29 is 9.21 Å². The monoisotopic (exact) mass is 379 g/mol. The Balaban J connectivity index is 1.40. The van der Waals surface area contributed by atoms with Gasteiger partial charge in [0.1, 0.15) is 0 Å². The van der Waals surface area contributed by atoms with Crippen molar-refractivity contribution in [1.29, 1.82) is 0 Å². The van der Waals surface area contributed by atoms with Crippen molar-refractivity contribution in [1.82, 2.24) is 10.2 Å². The Morgan fingerprint density at radius 2 is 1.93 bits per heavy atom. The summed E-state index contributed by atoms with van der Waals surface area (Å²) in [6, 6.07) is 18.3. The highest BCUT2D eigenvalue weighted by Gasteiger charge is 2.28. The second-order valence-electron chi connectivity index (χ2n) is 6.69. The fourth-order valence-corrected chi connectivity index (χ4v) is 4.04. The highest BCUT2D eigenvalue weighted by atomic mass is 32.2. The lowest BCUT2D eigenvalue weighted by atomic mass is 9.97. The van der Waals surface area contributed by atoms with Crippen LogP contribution in [-0.4, -0.2) is 27.9 Å². The van der Waals surface area contributed by atoms with E-state index >= 15 is 0 Å². The molecule has 5 nitrogen and oxygen atoms in total. The van der Waals surface area contributed by atoms with E-state index in [1.54, 1.807) is 0 Å². The molecule has 0 saturated carbocycles. The van der Waals surface area contributed by atoms with Gasteiger partial charge in [0.25, 0.3) is 5.22 Å². The van der Waals surface area contributed by atoms with Crippen LogP contribution >= 0.6 is 11.8 Å². The molecule has 4 rings (SSSR count). The Labute approximate surface area is 162 Å². The molecule has 1 aliphatic rings. The summed E-state index contributed by atoms with van der Waals surface area (Å²) in [5, 5.41) is 8.60. The summed E-state index contributed by atoms with van der Waals surface area (Å²) in [7, 11) is 0. The minimum Gasteiger partial charge on any atom is -0.416 e. The largest absolute Gasteiger partial charge is 0.416 e. The maximum Gasteiger partial charge on any atom is 0.277 e. The summed E-state index contributed by atoms with van der Waals surface area (Å²) in [6.45, 7) is 2.10. The minimum atomic E-state index is 0.0717. The van der Waals surface area contributed by atoms with Crippen LogP contribution in [0.4, 0.5) is 5.69 Å². The number of aryl methyl sites for hydroxylation is 1. The third-order valence-electron chi connectivity index (χ3n) is 4.76. The van der Waals surface area contributed by atoms with Crippen molar-refractivity contribution in [3.8, 4) is 0 Å². The van der Waals surface area contributed by atoms with Crippen molar-refractivity contribution >= 4 is 23.4 Å². The molecule has 3 aromatic rings. The predicted molar refractivity (Wildman–Crippen MR) is 106 cm³/mol. The van der Waals surface area contributed by atoms with Gasteiger partial charge in [0.15, 0.2) is 0 Å². The van der Waals surface area contributed by atoms with Crippen LogP contribution in [0.25, 0.3) is 0 Å². The number of hydrogen-bond acceptors (Lipinski definition) is 5. The molecule has 2 aromatic carbocycles. The lowest BCUT2D eigenvalue weighted by molar-refractivity contribution is -0.116. The molecule has 1 aliphatic heterocycles. The molecule has 6 heteroatoms. The van der Waals surface area contributed by atoms with Crippen LogP contribution in [0.3, 0.4) is 0 Å². The summed E-state index contributed by atoms with van der Waals surface area (Å²) in [5.74, 6) is 0.918. The van der Waals surface area contributed by atoms with Gasteiger partial charge >= 0.3 is 0 Å². The zero-order valence-corrected chi connectivity index (χ0v) is 16.0. The van der Waals surface area contributed by atoms with Gasteiger partial charge in [0.2, 0.25) is 11.8 Å². The number of benzene rings is 2. The number of nitrogens with zero attached hydrogens (tertiary/aromatic N) is 3. The van der Waals surface area contributed by atoms with Gasteiger partial charge in [-0.25, -0.2) is 0 Å². The topological polar surface area (TPSA) is 59.2 Å². The van der Waals surface area contributed by atoms with E-state index in [9.17, 15) is 4.79 Å². The molecule has 0 N–H and O–H groups in total. The molecule has 0 aliphatic carbocycles. The van der Waals surface area contributed by atoms with E-state index < -0.39 is 0 Å². The van der Waals surface area contributed by atoms with Gasteiger partial charge in [-0.15, -0.1) is 10.2 Å². The molecule has 0 spiro atoms. The maximum absolute atomic E-state index is 12.9. The lowest BCUT2D eigenvalue weighted by Gasteiger charge is -2.35. The van der Waals surface area contributed by atoms with E-state index in [1.807, 2.05) is 53.4 Å². The molecule has 27 heavy (non-hydrogen) atoms. The summed E-state index contributed by atoms with van der Waals surface area (Å²) >= 11 is 1.30. The first-order chi connectivity index (χ1) is 13.2. The zero-order valence-electron chi connectivity index (χ0n) is 15.2. The predicted octanol–water partition coefficient (Wildman–Crippen LogP) is 4.12. The average molecular weight is 379 g/mol. The molecule has 0 radical (unpaired) electrons. The summed E-state index contributed by atoms with van der Waals surface area (Å²) < 4.78 is 5.69. The van der Waals surface area contributed by atoms with E-state index in [0.717, 1.165) is 24.1 Å². The highest BCUT2D eigenvalue weighted by Crippen LogP contribution is 2.31. The van der Waals surface area contributed by atoms with Crippen LogP contribution in [0.5, 0.6) is 0 Å². The summed E-state index contributed by atoms with van der Waals surface area (Å²) in [4.78, 5) is 14.8. The van der Waals surface area contributed by atoms with Crippen molar-refractivity contribution in [2.75, 3.05) is 10.7 Å².